The number of carbonyl (C=O) groups is 2. The molecule has 0 atom stereocenters. The van der Waals surface area contributed by atoms with Gasteiger partial charge >= 0.3 is 0 Å². The molecular formula is C13H22O2. The zero-order valence-electron chi connectivity index (χ0n) is 10.1. The van der Waals surface area contributed by atoms with Gasteiger partial charge in [-0.05, 0) is 11.3 Å². The van der Waals surface area contributed by atoms with Gasteiger partial charge in [-0.15, -0.1) is 0 Å². The van der Waals surface area contributed by atoms with Gasteiger partial charge in [-0.3, -0.25) is 9.59 Å². The first-order valence-electron chi connectivity index (χ1n) is 5.90. The Hall–Kier alpha value is -0.660. The van der Waals surface area contributed by atoms with Gasteiger partial charge in [0.25, 0.3) is 0 Å². The highest BCUT2D eigenvalue weighted by Crippen LogP contribution is 2.30. The van der Waals surface area contributed by atoms with Crippen LogP contribution in [0.25, 0.3) is 0 Å². The van der Waals surface area contributed by atoms with Crippen molar-refractivity contribution in [1.82, 2.24) is 0 Å². The lowest BCUT2D eigenvalue weighted by atomic mass is 9.80. The van der Waals surface area contributed by atoms with Crippen molar-refractivity contribution in [2.24, 2.45) is 11.3 Å². The average molecular weight is 210 g/mol. The molecule has 0 aromatic heterocycles. The zero-order chi connectivity index (χ0) is 11.5. The highest BCUT2D eigenvalue weighted by atomic mass is 16.1. The summed E-state index contributed by atoms with van der Waals surface area (Å²) in [7, 11) is 0. The van der Waals surface area contributed by atoms with Gasteiger partial charge in [0.05, 0.1) is 6.42 Å². The van der Waals surface area contributed by atoms with Crippen molar-refractivity contribution in [3.8, 4) is 0 Å². The first-order chi connectivity index (χ1) is 6.87. The summed E-state index contributed by atoms with van der Waals surface area (Å²) in [5, 5.41) is 0. The Morgan fingerprint density at radius 1 is 1.13 bits per heavy atom. The molecule has 1 aliphatic carbocycles. The molecule has 1 rings (SSSR count). The summed E-state index contributed by atoms with van der Waals surface area (Å²) in [5.41, 5.74) is 0.00777. The Bertz CT molecular complexity index is 244. The van der Waals surface area contributed by atoms with E-state index in [2.05, 4.69) is 0 Å². The summed E-state index contributed by atoms with van der Waals surface area (Å²) in [4.78, 5) is 23.1. The van der Waals surface area contributed by atoms with Crippen LogP contribution in [0.15, 0.2) is 0 Å². The third-order valence-corrected chi connectivity index (χ3v) is 2.86. The minimum Gasteiger partial charge on any atom is -0.299 e. The second-order valence-corrected chi connectivity index (χ2v) is 5.99. The molecule has 0 heterocycles. The van der Waals surface area contributed by atoms with Crippen molar-refractivity contribution in [2.75, 3.05) is 0 Å². The largest absolute Gasteiger partial charge is 0.299 e. The standard InChI is InChI=1S/C13H22O2/c1-13(2,3)9-12(15)8-11(14)7-10-5-4-6-10/h10H,4-9H2,1-3H3. The molecule has 15 heavy (non-hydrogen) atoms. The zero-order valence-corrected chi connectivity index (χ0v) is 10.1. The molecular weight excluding hydrogens is 188 g/mol. The molecule has 1 saturated carbocycles. The first-order valence-corrected chi connectivity index (χ1v) is 5.90. The maximum absolute atomic E-state index is 11.5. The summed E-state index contributed by atoms with van der Waals surface area (Å²) in [6.07, 6.45) is 4.93. The fourth-order valence-electron chi connectivity index (χ4n) is 1.96. The van der Waals surface area contributed by atoms with E-state index >= 15 is 0 Å². The lowest BCUT2D eigenvalue weighted by molar-refractivity contribution is -0.128. The number of hydrogen-bond donors (Lipinski definition) is 0. The van der Waals surface area contributed by atoms with E-state index in [0.717, 1.165) is 0 Å². The summed E-state index contributed by atoms with van der Waals surface area (Å²) in [6.45, 7) is 6.09. The minimum absolute atomic E-state index is 0.00777. The number of hydrogen-bond acceptors (Lipinski definition) is 2. The SMILES string of the molecule is CC(C)(C)CC(=O)CC(=O)CC1CCC1. The normalized spacial score (nSPS) is 17.3. The van der Waals surface area contributed by atoms with E-state index in [1.54, 1.807) is 0 Å². The molecule has 0 bridgehead atoms. The quantitative estimate of drug-likeness (QED) is 0.653. The molecule has 1 aliphatic rings. The van der Waals surface area contributed by atoms with E-state index in [-0.39, 0.29) is 23.4 Å². The average Bonchev–Trinajstić information content (AvgIpc) is 1.92. The predicted molar refractivity (Wildman–Crippen MR) is 60.7 cm³/mol. The molecule has 2 nitrogen and oxygen atoms in total. The lowest BCUT2D eigenvalue weighted by Gasteiger charge is -2.24. The van der Waals surface area contributed by atoms with E-state index in [4.69, 9.17) is 0 Å². The van der Waals surface area contributed by atoms with E-state index < -0.39 is 0 Å². The van der Waals surface area contributed by atoms with Gasteiger partial charge in [-0.1, -0.05) is 40.0 Å². The Morgan fingerprint density at radius 3 is 2.13 bits per heavy atom. The highest BCUT2D eigenvalue weighted by Gasteiger charge is 2.23. The third-order valence-electron chi connectivity index (χ3n) is 2.86. The van der Waals surface area contributed by atoms with E-state index in [1.807, 2.05) is 20.8 Å². The predicted octanol–water partition coefficient (Wildman–Crippen LogP) is 3.14. The van der Waals surface area contributed by atoms with Crippen LogP contribution in [0.5, 0.6) is 0 Å². The van der Waals surface area contributed by atoms with Crippen LogP contribution >= 0.6 is 0 Å². The summed E-state index contributed by atoms with van der Waals surface area (Å²) in [6, 6.07) is 0. The van der Waals surface area contributed by atoms with E-state index in [9.17, 15) is 9.59 Å². The van der Waals surface area contributed by atoms with Crippen molar-refractivity contribution < 1.29 is 9.59 Å². The summed E-state index contributed by atoms with van der Waals surface area (Å²) in [5.74, 6) is 0.834. The van der Waals surface area contributed by atoms with Crippen LogP contribution in [-0.4, -0.2) is 11.6 Å². The second-order valence-electron chi connectivity index (χ2n) is 5.99. The van der Waals surface area contributed by atoms with Gasteiger partial charge in [0.1, 0.15) is 11.6 Å². The van der Waals surface area contributed by atoms with Crippen molar-refractivity contribution in [2.45, 2.75) is 59.3 Å². The molecule has 0 unspecified atom stereocenters. The van der Waals surface area contributed by atoms with Crippen LogP contribution in [-0.2, 0) is 9.59 Å². The van der Waals surface area contributed by atoms with Crippen LogP contribution < -0.4 is 0 Å². The molecule has 0 saturated heterocycles. The molecule has 0 aliphatic heterocycles. The number of carbonyl (C=O) groups excluding carboxylic acids is 2. The molecule has 86 valence electrons. The molecule has 0 radical (unpaired) electrons. The first kappa shape index (κ1) is 12.4. The fraction of sp³-hybridized carbons (Fsp3) is 0.846. The van der Waals surface area contributed by atoms with Gasteiger partial charge in [-0.2, -0.15) is 0 Å². The Labute approximate surface area is 92.4 Å². The highest BCUT2D eigenvalue weighted by molar-refractivity contribution is 5.99. The lowest BCUT2D eigenvalue weighted by Crippen LogP contribution is -2.20. The number of Topliss-reactive ketones (excluding diaryl/α,β-unsaturated/α-hetero) is 2. The van der Waals surface area contributed by atoms with Crippen LogP contribution in [0, 0.1) is 11.3 Å². The fourth-order valence-corrected chi connectivity index (χ4v) is 1.96. The smallest absolute Gasteiger partial charge is 0.140 e. The molecule has 1 fully saturated rings. The Balaban J connectivity index is 2.21. The van der Waals surface area contributed by atoms with Gasteiger partial charge in [0.2, 0.25) is 0 Å². The number of rotatable bonds is 5. The maximum Gasteiger partial charge on any atom is 0.140 e. The topological polar surface area (TPSA) is 34.1 Å². The van der Waals surface area contributed by atoms with Crippen molar-refractivity contribution in [1.29, 1.82) is 0 Å². The van der Waals surface area contributed by atoms with Crippen LogP contribution in [0.1, 0.15) is 59.3 Å². The van der Waals surface area contributed by atoms with E-state index in [0.29, 0.717) is 18.8 Å². The summed E-state index contributed by atoms with van der Waals surface area (Å²) >= 11 is 0. The van der Waals surface area contributed by atoms with Crippen LogP contribution in [0.2, 0.25) is 0 Å². The van der Waals surface area contributed by atoms with Crippen molar-refractivity contribution in [3.05, 3.63) is 0 Å². The third kappa shape index (κ3) is 5.10. The summed E-state index contributed by atoms with van der Waals surface area (Å²) < 4.78 is 0. The van der Waals surface area contributed by atoms with Gasteiger partial charge in [-0.25, -0.2) is 0 Å². The van der Waals surface area contributed by atoms with Crippen LogP contribution in [0.4, 0.5) is 0 Å². The number of ketones is 2. The molecule has 0 N–H and O–H groups in total. The molecule has 0 spiro atoms. The second kappa shape index (κ2) is 4.91. The van der Waals surface area contributed by atoms with Crippen LogP contribution in [0.3, 0.4) is 0 Å². The Morgan fingerprint density at radius 2 is 1.73 bits per heavy atom. The maximum atomic E-state index is 11.5. The van der Waals surface area contributed by atoms with Crippen molar-refractivity contribution >= 4 is 11.6 Å². The van der Waals surface area contributed by atoms with Gasteiger partial charge in [0, 0.05) is 12.8 Å². The molecule has 0 amide bonds. The minimum atomic E-state index is 0.00777. The van der Waals surface area contributed by atoms with Crippen molar-refractivity contribution in [3.63, 3.8) is 0 Å². The molecule has 2 heteroatoms. The monoisotopic (exact) mass is 210 g/mol. The van der Waals surface area contributed by atoms with E-state index in [1.165, 1.54) is 19.3 Å². The molecule has 0 aromatic rings. The van der Waals surface area contributed by atoms with Gasteiger partial charge in [0.15, 0.2) is 0 Å². The Kier molecular flexibility index (Phi) is 4.06. The molecule has 0 aromatic carbocycles. The van der Waals surface area contributed by atoms with Gasteiger partial charge < -0.3 is 0 Å².